The number of hydrogen-bond acceptors (Lipinski definition) is 5. The molecule has 1 saturated heterocycles. The molecule has 0 aromatic heterocycles. The molecule has 2 aromatic carbocycles. The van der Waals surface area contributed by atoms with E-state index in [1.54, 1.807) is 23.1 Å². The van der Waals surface area contributed by atoms with Crippen LogP contribution in [0.4, 0.5) is 11.4 Å². The summed E-state index contributed by atoms with van der Waals surface area (Å²) in [6.07, 6.45) is -0.0948. The van der Waals surface area contributed by atoms with E-state index in [-0.39, 0.29) is 11.6 Å². The van der Waals surface area contributed by atoms with Crippen molar-refractivity contribution in [1.29, 1.82) is 0 Å². The fourth-order valence-electron chi connectivity index (χ4n) is 2.96. The highest BCUT2D eigenvalue weighted by Gasteiger charge is 2.34. The number of aliphatic hydroxyl groups excluding tert-OH is 1. The molecule has 0 bridgehead atoms. The standard InChI is InChI=1S/C19H21N3O4/c1-13-6-8-14(9-7-13)10-17(19(24)21-11-15(23)12-21)20-16-4-2-3-5-18(16)22(25)26/h2-9,15,17,20,23H,10-12H2,1H3. The maximum atomic E-state index is 12.8. The lowest BCUT2D eigenvalue weighted by Crippen LogP contribution is -2.57. The molecule has 1 amide bonds. The van der Waals surface area contributed by atoms with Crippen LogP contribution in [0.25, 0.3) is 0 Å². The van der Waals surface area contributed by atoms with Crippen LogP contribution in [0.5, 0.6) is 0 Å². The van der Waals surface area contributed by atoms with E-state index in [0.29, 0.717) is 25.2 Å². The van der Waals surface area contributed by atoms with E-state index in [0.717, 1.165) is 11.1 Å². The molecule has 0 spiro atoms. The van der Waals surface area contributed by atoms with Gasteiger partial charge in [-0.15, -0.1) is 0 Å². The maximum Gasteiger partial charge on any atom is 0.292 e. The number of amides is 1. The number of anilines is 1. The van der Waals surface area contributed by atoms with Crippen molar-refractivity contribution in [2.24, 2.45) is 0 Å². The number of nitro benzene ring substituents is 1. The topological polar surface area (TPSA) is 95.7 Å². The second-order valence-corrected chi connectivity index (χ2v) is 6.56. The van der Waals surface area contributed by atoms with Crippen LogP contribution in [0.3, 0.4) is 0 Å². The van der Waals surface area contributed by atoms with Crippen LogP contribution in [0.1, 0.15) is 11.1 Å². The molecule has 1 heterocycles. The molecule has 2 N–H and O–H groups in total. The van der Waals surface area contributed by atoms with Crippen LogP contribution in [-0.2, 0) is 11.2 Å². The third kappa shape index (κ3) is 4.00. The molecule has 1 fully saturated rings. The van der Waals surface area contributed by atoms with Crippen LogP contribution in [0.15, 0.2) is 48.5 Å². The molecule has 1 aliphatic rings. The summed E-state index contributed by atoms with van der Waals surface area (Å²) in [6, 6.07) is 13.5. The molecule has 1 atom stereocenters. The first kappa shape index (κ1) is 17.9. The number of carbonyl (C=O) groups is 1. The zero-order chi connectivity index (χ0) is 18.7. The summed E-state index contributed by atoms with van der Waals surface area (Å²) in [7, 11) is 0. The predicted molar refractivity (Wildman–Crippen MR) is 98.0 cm³/mol. The summed E-state index contributed by atoms with van der Waals surface area (Å²) >= 11 is 0. The van der Waals surface area contributed by atoms with Crippen LogP contribution in [0, 0.1) is 17.0 Å². The van der Waals surface area contributed by atoms with Gasteiger partial charge in [0.15, 0.2) is 0 Å². The van der Waals surface area contributed by atoms with Crippen molar-refractivity contribution in [3.8, 4) is 0 Å². The molecular formula is C19H21N3O4. The zero-order valence-corrected chi connectivity index (χ0v) is 14.5. The largest absolute Gasteiger partial charge is 0.389 e. The number of para-hydroxylation sites is 2. The van der Waals surface area contributed by atoms with E-state index >= 15 is 0 Å². The molecule has 2 aromatic rings. The van der Waals surface area contributed by atoms with Gasteiger partial charge in [0.25, 0.3) is 5.69 Å². The van der Waals surface area contributed by atoms with Gasteiger partial charge in [-0.05, 0) is 18.6 Å². The van der Waals surface area contributed by atoms with E-state index in [4.69, 9.17) is 0 Å². The first-order chi connectivity index (χ1) is 12.4. The summed E-state index contributed by atoms with van der Waals surface area (Å²) in [5.41, 5.74) is 2.32. The molecule has 26 heavy (non-hydrogen) atoms. The number of carbonyl (C=O) groups excluding carboxylic acids is 1. The van der Waals surface area contributed by atoms with E-state index in [2.05, 4.69) is 5.32 Å². The first-order valence-electron chi connectivity index (χ1n) is 8.46. The van der Waals surface area contributed by atoms with Gasteiger partial charge in [-0.1, -0.05) is 42.0 Å². The van der Waals surface area contributed by atoms with Gasteiger partial charge in [-0.25, -0.2) is 0 Å². The maximum absolute atomic E-state index is 12.8. The van der Waals surface area contributed by atoms with E-state index in [9.17, 15) is 20.0 Å². The molecule has 136 valence electrons. The van der Waals surface area contributed by atoms with Gasteiger partial charge >= 0.3 is 0 Å². The van der Waals surface area contributed by atoms with Crippen molar-refractivity contribution < 1.29 is 14.8 Å². The van der Waals surface area contributed by atoms with Crippen molar-refractivity contribution in [3.05, 3.63) is 69.8 Å². The number of β-amino-alcohol motifs (C(OH)–C–C–N with tert-alkyl or cyclic N) is 1. The van der Waals surface area contributed by atoms with Crippen molar-refractivity contribution >= 4 is 17.3 Å². The van der Waals surface area contributed by atoms with Crippen LogP contribution >= 0.6 is 0 Å². The van der Waals surface area contributed by atoms with E-state index < -0.39 is 17.1 Å². The minimum atomic E-state index is -0.647. The third-order valence-electron chi connectivity index (χ3n) is 4.46. The van der Waals surface area contributed by atoms with Crippen molar-refractivity contribution in [2.45, 2.75) is 25.5 Å². The average Bonchev–Trinajstić information content (AvgIpc) is 2.60. The normalized spacial score (nSPS) is 15.2. The highest BCUT2D eigenvalue weighted by Crippen LogP contribution is 2.25. The zero-order valence-electron chi connectivity index (χ0n) is 14.5. The Morgan fingerprint density at radius 3 is 2.54 bits per heavy atom. The number of nitrogens with zero attached hydrogens (tertiary/aromatic N) is 2. The number of nitrogens with one attached hydrogen (secondary N) is 1. The lowest BCUT2D eigenvalue weighted by molar-refractivity contribution is -0.384. The molecule has 0 saturated carbocycles. The molecule has 1 aliphatic heterocycles. The monoisotopic (exact) mass is 355 g/mol. The second kappa shape index (κ2) is 7.53. The van der Waals surface area contributed by atoms with Gasteiger partial charge in [0.05, 0.1) is 11.0 Å². The quantitative estimate of drug-likeness (QED) is 0.611. The number of aryl methyl sites for hydroxylation is 1. The number of likely N-dealkylation sites (tertiary alicyclic amines) is 1. The average molecular weight is 355 g/mol. The highest BCUT2D eigenvalue weighted by molar-refractivity contribution is 5.86. The minimum absolute atomic E-state index is 0.0714. The highest BCUT2D eigenvalue weighted by atomic mass is 16.6. The molecule has 1 unspecified atom stereocenters. The number of nitro groups is 1. The van der Waals surface area contributed by atoms with Gasteiger partial charge in [0.2, 0.25) is 5.91 Å². The molecule has 0 radical (unpaired) electrons. The third-order valence-corrected chi connectivity index (χ3v) is 4.46. The Hall–Kier alpha value is -2.93. The SMILES string of the molecule is Cc1ccc(CC(Nc2ccccc2[N+](=O)[O-])C(=O)N2CC(O)C2)cc1. The minimum Gasteiger partial charge on any atom is -0.389 e. The van der Waals surface area contributed by atoms with Crippen molar-refractivity contribution in [1.82, 2.24) is 4.90 Å². The predicted octanol–water partition coefficient (Wildman–Crippen LogP) is 2.13. The lowest BCUT2D eigenvalue weighted by Gasteiger charge is -2.38. The Labute approximate surface area is 151 Å². The van der Waals surface area contributed by atoms with Gasteiger partial charge in [0, 0.05) is 25.6 Å². The fourth-order valence-corrected chi connectivity index (χ4v) is 2.96. The van der Waals surface area contributed by atoms with Crippen molar-refractivity contribution in [3.63, 3.8) is 0 Å². The number of aliphatic hydroxyl groups is 1. The Kier molecular flexibility index (Phi) is 5.18. The van der Waals surface area contributed by atoms with Gasteiger partial charge in [-0.2, -0.15) is 0 Å². The molecule has 0 aliphatic carbocycles. The van der Waals surface area contributed by atoms with Crippen LogP contribution < -0.4 is 5.32 Å². The second-order valence-electron chi connectivity index (χ2n) is 6.56. The Morgan fingerprint density at radius 1 is 1.27 bits per heavy atom. The number of hydrogen-bond donors (Lipinski definition) is 2. The molecule has 7 nitrogen and oxygen atoms in total. The van der Waals surface area contributed by atoms with Crippen LogP contribution in [-0.4, -0.2) is 46.1 Å². The molecule has 7 heteroatoms. The van der Waals surface area contributed by atoms with Crippen LogP contribution in [0.2, 0.25) is 0 Å². The summed E-state index contributed by atoms with van der Waals surface area (Å²) in [5, 5.41) is 23.8. The lowest BCUT2D eigenvalue weighted by atomic mass is 10.0. The van der Waals surface area contributed by atoms with Gasteiger partial charge in [-0.3, -0.25) is 14.9 Å². The summed E-state index contributed by atoms with van der Waals surface area (Å²) in [4.78, 5) is 25.2. The summed E-state index contributed by atoms with van der Waals surface area (Å²) < 4.78 is 0. The fraction of sp³-hybridized carbons (Fsp3) is 0.316. The van der Waals surface area contributed by atoms with Gasteiger partial charge in [0.1, 0.15) is 11.7 Å². The van der Waals surface area contributed by atoms with Gasteiger partial charge < -0.3 is 15.3 Å². The number of rotatable bonds is 6. The Morgan fingerprint density at radius 2 is 1.92 bits per heavy atom. The smallest absolute Gasteiger partial charge is 0.292 e. The molecular weight excluding hydrogens is 334 g/mol. The number of benzene rings is 2. The van der Waals surface area contributed by atoms with E-state index in [1.807, 2.05) is 31.2 Å². The summed E-state index contributed by atoms with van der Waals surface area (Å²) in [6.45, 7) is 2.57. The Bertz CT molecular complexity index is 801. The molecule has 3 rings (SSSR count). The van der Waals surface area contributed by atoms with Crippen molar-refractivity contribution in [2.75, 3.05) is 18.4 Å². The summed E-state index contributed by atoms with van der Waals surface area (Å²) in [5.74, 6) is -0.172. The van der Waals surface area contributed by atoms with E-state index in [1.165, 1.54) is 6.07 Å². The first-order valence-corrected chi connectivity index (χ1v) is 8.46. The Balaban J connectivity index is 1.84.